The van der Waals surface area contributed by atoms with Gasteiger partial charge in [-0.05, 0) is 24.3 Å². The number of benzene rings is 1. The molecule has 2 aromatic rings. The van der Waals surface area contributed by atoms with E-state index in [4.69, 9.17) is 23.2 Å². The number of carbonyl (C=O) groups excluding carboxylic acids is 1. The Balaban J connectivity index is 2.57. The van der Waals surface area contributed by atoms with Crippen LogP contribution in [0.1, 0.15) is 6.92 Å². The van der Waals surface area contributed by atoms with E-state index in [0.29, 0.717) is 21.4 Å². The average Bonchev–Trinajstić information content (AvgIpc) is 2.18. The van der Waals surface area contributed by atoms with E-state index in [1.807, 2.05) is 0 Å². The van der Waals surface area contributed by atoms with Gasteiger partial charge in [0, 0.05) is 18.0 Å². The molecule has 1 N–H and O–H groups in total. The van der Waals surface area contributed by atoms with Gasteiger partial charge >= 0.3 is 0 Å². The highest BCUT2D eigenvalue weighted by atomic mass is 35.5. The average molecular weight is 255 g/mol. The fourth-order valence-electron chi connectivity index (χ4n) is 1.44. The predicted octanol–water partition coefficient (Wildman–Crippen LogP) is 3.50. The van der Waals surface area contributed by atoms with Gasteiger partial charge in [-0.1, -0.05) is 23.2 Å². The van der Waals surface area contributed by atoms with Crippen molar-refractivity contribution in [2.75, 3.05) is 5.32 Å². The quantitative estimate of drug-likeness (QED) is 0.792. The Morgan fingerprint density at radius 1 is 1.31 bits per heavy atom. The molecule has 1 heterocycles. The summed E-state index contributed by atoms with van der Waals surface area (Å²) in [7, 11) is 0. The second-order valence-corrected chi connectivity index (χ2v) is 4.13. The van der Waals surface area contributed by atoms with Crippen molar-refractivity contribution in [3.05, 3.63) is 34.4 Å². The lowest BCUT2D eigenvalue weighted by atomic mass is 10.2. The van der Waals surface area contributed by atoms with E-state index < -0.39 is 0 Å². The highest BCUT2D eigenvalue weighted by molar-refractivity contribution is 6.37. The van der Waals surface area contributed by atoms with Crippen molar-refractivity contribution in [3.8, 4) is 0 Å². The van der Waals surface area contributed by atoms with Crippen LogP contribution >= 0.6 is 23.2 Å². The van der Waals surface area contributed by atoms with Gasteiger partial charge in [-0.3, -0.25) is 4.79 Å². The molecule has 5 heteroatoms. The summed E-state index contributed by atoms with van der Waals surface area (Å²) in [4.78, 5) is 15.0. The normalized spacial score (nSPS) is 10.4. The summed E-state index contributed by atoms with van der Waals surface area (Å²) in [5.74, 6) is -0.127. The summed E-state index contributed by atoms with van der Waals surface area (Å²) >= 11 is 11.8. The lowest BCUT2D eigenvalue weighted by molar-refractivity contribution is -0.114. The molecule has 0 saturated carbocycles. The number of fused-ring (bicyclic) bond motifs is 1. The molecule has 0 radical (unpaired) electrons. The number of nitrogens with zero attached hydrogens (tertiary/aromatic N) is 1. The van der Waals surface area contributed by atoms with Crippen molar-refractivity contribution < 1.29 is 4.79 Å². The minimum atomic E-state index is -0.127. The van der Waals surface area contributed by atoms with E-state index >= 15 is 0 Å². The molecule has 0 aliphatic heterocycles. The van der Waals surface area contributed by atoms with Crippen LogP contribution in [0, 0.1) is 0 Å². The Hall–Kier alpha value is -1.32. The first-order chi connectivity index (χ1) is 7.56. The number of aromatic nitrogens is 1. The molecule has 1 amide bonds. The third-order valence-electron chi connectivity index (χ3n) is 2.05. The zero-order valence-corrected chi connectivity index (χ0v) is 9.93. The molecule has 0 bridgehead atoms. The Morgan fingerprint density at radius 2 is 2.06 bits per heavy atom. The van der Waals surface area contributed by atoms with E-state index in [-0.39, 0.29) is 5.91 Å². The second kappa shape index (κ2) is 4.28. The number of hydrogen-bond acceptors (Lipinski definition) is 2. The molecule has 0 spiro atoms. The summed E-state index contributed by atoms with van der Waals surface area (Å²) < 4.78 is 0. The standard InChI is InChI=1S/C11H8Cl2N2O/c1-6(16)14-7-2-3-10-8(4-7)9(12)5-11(13)15-10/h2-5H,1H3,(H,14,16). The first-order valence-electron chi connectivity index (χ1n) is 4.59. The number of nitrogens with one attached hydrogen (secondary N) is 1. The Kier molecular flexibility index (Phi) is 2.99. The van der Waals surface area contributed by atoms with Crippen LogP contribution in [0.3, 0.4) is 0 Å². The van der Waals surface area contributed by atoms with Gasteiger partial charge in [-0.25, -0.2) is 4.98 Å². The highest BCUT2D eigenvalue weighted by Crippen LogP contribution is 2.27. The Bertz CT molecular complexity index is 569. The van der Waals surface area contributed by atoms with Crippen molar-refractivity contribution >= 4 is 45.7 Å². The summed E-state index contributed by atoms with van der Waals surface area (Å²) in [5.41, 5.74) is 1.39. The maximum Gasteiger partial charge on any atom is 0.221 e. The molecule has 0 saturated heterocycles. The van der Waals surface area contributed by atoms with Crippen molar-refractivity contribution in [1.29, 1.82) is 0 Å². The molecule has 82 valence electrons. The first-order valence-corrected chi connectivity index (χ1v) is 5.35. The molecule has 0 aliphatic carbocycles. The molecular weight excluding hydrogens is 247 g/mol. The molecular formula is C11H8Cl2N2O. The van der Waals surface area contributed by atoms with Gasteiger partial charge in [0.25, 0.3) is 0 Å². The van der Waals surface area contributed by atoms with Crippen molar-refractivity contribution in [1.82, 2.24) is 4.98 Å². The van der Waals surface area contributed by atoms with Gasteiger partial charge in [0.2, 0.25) is 5.91 Å². The molecule has 2 rings (SSSR count). The summed E-state index contributed by atoms with van der Waals surface area (Å²) in [5, 5.41) is 4.31. The van der Waals surface area contributed by atoms with Crippen LogP contribution < -0.4 is 5.32 Å². The fourth-order valence-corrected chi connectivity index (χ4v) is 1.95. The van der Waals surface area contributed by atoms with Gasteiger partial charge in [0.15, 0.2) is 0 Å². The van der Waals surface area contributed by atoms with Gasteiger partial charge in [-0.15, -0.1) is 0 Å². The minimum absolute atomic E-state index is 0.127. The maximum absolute atomic E-state index is 10.9. The van der Waals surface area contributed by atoms with Crippen LogP contribution in [-0.2, 0) is 4.79 Å². The number of rotatable bonds is 1. The third-order valence-corrected chi connectivity index (χ3v) is 2.55. The van der Waals surface area contributed by atoms with E-state index in [9.17, 15) is 4.79 Å². The number of amides is 1. The predicted molar refractivity (Wildman–Crippen MR) is 66.1 cm³/mol. The van der Waals surface area contributed by atoms with Crippen LogP contribution in [0.15, 0.2) is 24.3 Å². The number of pyridine rings is 1. The van der Waals surface area contributed by atoms with Crippen molar-refractivity contribution in [3.63, 3.8) is 0 Å². The second-order valence-electron chi connectivity index (χ2n) is 3.34. The largest absolute Gasteiger partial charge is 0.326 e. The van der Waals surface area contributed by atoms with E-state index in [1.54, 1.807) is 24.3 Å². The zero-order chi connectivity index (χ0) is 11.7. The van der Waals surface area contributed by atoms with Gasteiger partial charge < -0.3 is 5.32 Å². The lowest BCUT2D eigenvalue weighted by Gasteiger charge is -2.05. The van der Waals surface area contributed by atoms with Crippen LogP contribution in [0.2, 0.25) is 10.2 Å². The van der Waals surface area contributed by atoms with Crippen LogP contribution in [-0.4, -0.2) is 10.9 Å². The summed E-state index contributed by atoms with van der Waals surface area (Å²) in [6.07, 6.45) is 0. The number of carbonyl (C=O) groups is 1. The minimum Gasteiger partial charge on any atom is -0.326 e. The van der Waals surface area contributed by atoms with Gasteiger partial charge in [0.05, 0.1) is 10.5 Å². The molecule has 0 atom stereocenters. The lowest BCUT2D eigenvalue weighted by Crippen LogP contribution is -2.05. The molecule has 1 aromatic carbocycles. The summed E-state index contributed by atoms with van der Waals surface area (Å²) in [6, 6.07) is 6.85. The van der Waals surface area contributed by atoms with Crippen molar-refractivity contribution in [2.24, 2.45) is 0 Å². The molecule has 0 unspecified atom stereocenters. The molecule has 0 aliphatic rings. The Morgan fingerprint density at radius 3 is 2.75 bits per heavy atom. The van der Waals surface area contributed by atoms with Gasteiger partial charge in [-0.2, -0.15) is 0 Å². The van der Waals surface area contributed by atoms with Crippen LogP contribution in [0.25, 0.3) is 10.9 Å². The number of hydrogen-bond donors (Lipinski definition) is 1. The first kappa shape index (κ1) is 11.2. The zero-order valence-electron chi connectivity index (χ0n) is 8.42. The molecule has 0 fully saturated rings. The van der Waals surface area contributed by atoms with E-state index in [1.165, 1.54) is 6.92 Å². The van der Waals surface area contributed by atoms with Gasteiger partial charge in [0.1, 0.15) is 5.15 Å². The fraction of sp³-hybridized carbons (Fsp3) is 0.0909. The highest BCUT2D eigenvalue weighted by Gasteiger charge is 2.04. The molecule has 3 nitrogen and oxygen atoms in total. The van der Waals surface area contributed by atoms with Crippen molar-refractivity contribution in [2.45, 2.75) is 6.92 Å². The number of halogens is 2. The topological polar surface area (TPSA) is 42.0 Å². The monoisotopic (exact) mass is 254 g/mol. The van der Waals surface area contributed by atoms with E-state index in [2.05, 4.69) is 10.3 Å². The van der Waals surface area contributed by atoms with E-state index in [0.717, 1.165) is 5.39 Å². The number of anilines is 1. The van der Waals surface area contributed by atoms with Crippen LogP contribution in [0.4, 0.5) is 5.69 Å². The smallest absolute Gasteiger partial charge is 0.221 e. The molecule has 1 aromatic heterocycles. The Labute approximate surface area is 102 Å². The summed E-state index contributed by atoms with van der Waals surface area (Å²) in [6.45, 7) is 1.45. The maximum atomic E-state index is 10.9. The van der Waals surface area contributed by atoms with Crippen LogP contribution in [0.5, 0.6) is 0 Å². The SMILES string of the molecule is CC(=O)Nc1ccc2nc(Cl)cc(Cl)c2c1. The third kappa shape index (κ3) is 2.26. The molecule has 16 heavy (non-hydrogen) atoms.